The monoisotopic (exact) mass is 205 g/mol. The Bertz CT molecular complexity index is 371. The minimum absolute atomic E-state index is 0.506. The standard InChI is InChI=1S/C12H19N3/c1-8-4-10(13)11(14-6-8)15-7-9-5-12(9,2)3/h4,6,9H,5,7,13H2,1-3H3,(H,14,15). The van der Waals surface area contributed by atoms with Crippen LogP contribution in [0.4, 0.5) is 11.5 Å². The van der Waals surface area contributed by atoms with Gasteiger partial charge in [-0.25, -0.2) is 4.98 Å². The van der Waals surface area contributed by atoms with Crippen LogP contribution in [-0.4, -0.2) is 11.5 Å². The van der Waals surface area contributed by atoms with Crippen LogP contribution in [0.15, 0.2) is 12.3 Å². The van der Waals surface area contributed by atoms with E-state index in [1.807, 2.05) is 19.2 Å². The van der Waals surface area contributed by atoms with Crippen molar-refractivity contribution in [3.8, 4) is 0 Å². The molecular weight excluding hydrogens is 186 g/mol. The lowest BCUT2D eigenvalue weighted by atomic mass is 10.1. The van der Waals surface area contributed by atoms with Gasteiger partial charge < -0.3 is 11.1 Å². The number of nitrogens with one attached hydrogen (secondary N) is 1. The summed E-state index contributed by atoms with van der Waals surface area (Å²) in [5, 5.41) is 3.32. The van der Waals surface area contributed by atoms with E-state index in [1.54, 1.807) is 0 Å². The normalized spacial score (nSPS) is 22.5. The molecule has 1 heterocycles. The number of nitrogen functional groups attached to an aromatic ring is 1. The molecule has 1 aromatic rings. The van der Waals surface area contributed by atoms with Gasteiger partial charge in [0.15, 0.2) is 0 Å². The third kappa shape index (κ3) is 2.22. The van der Waals surface area contributed by atoms with E-state index in [9.17, 15) is 0 Å². The van der Waals surface area contributed by atoms with E-state index in [0.29, 0.717) is 5.41 Å². The molecule has 3 heteroatoms. The summed E-state index contributed by atoms with van der Waals surface area (Å²) in [5.74, 6) is 1.59. The minimum Gasteiger partial charge on any atom is -0.396 e. The van der Waals surface area contributed by atoms with Crippen molar-refractivity contribution in [2.24, 2.45) is 11.3 Å². The van der Waals surface area contributed by atoms with Crippen molar-refractivity contribution in [1.29, 1.82) is 0 Å². The second-order valence-electron chi connectivity index (χ2n) is 5.22. The number of hydrogen-bond donors (Lipinski definition) is 2. The average Bonchev–Trinajstić information content (AvgIpc) is 2.73. The summed E-state index contributed by atoms with van der Waals surface area (Å²) in [7, 11) is 0. The molecule has 1 aliphatic carbocycles. The van der Waals surface area contributed by atoms with Crippen LogP contribution >= 0.6 is 0 Å². The Kier molecular flexibility index (Phi) is 2.33. The Morgan fingerprint density at radius 1 is 1.60 bits per heavy atom. The molecule has 1 aromatic heterocycles. The zero-order valence-corrected chi connectivity index (χ0v) is 9.67. The molecule has 2 rings (SSSR count). The third-order valence-corrected chi connectivity index (χ3v) is 3.29. The van der Waals surface area contributed by atoms with Crippen LogP contribution in [0.25, 0.3) is 0 Å². The highest BCUT2D eigenvalue weighted by atomic mass is 15.0. The fourth-order valence-corrected chi connectivity index (χ4v) is 1.88. The predicted molar refractivity (Wildman–Crippen MR) is 63.8 cm³/mol. The Labute approximate surface area is 91.1 Å². The van der Waals surface area contributed by atoms with Gasteiger partial charge in [-0.3, -0.25) is 0 Å². The molecule has 82 valence electrons. The zero-order chi connectivity index (χ0) is 11.1. The van der Waals surface area contributed by atoms with E-state index in [-0.39, 0.29) is 0 Å². The molecule has 0 aliphatic heterocycles. The van der Waals surface area contributed by atoms with Crippen LogP contribution < -0.4 is 11.1 Å². The molecular formula is C12H19N3. The first-order chi connectivity index (χ1) is 6.99. The van der Waals surface area contributed by atoms with E-state index in [1.165, 1.54) is 6.42 Å². The smallest absolute Gasteiger partial charge is 0.149 e. The van der Waals surface area contributed by atoms with Gasteiger partial charge >= 0.3 is 0 Å². The van der Waals surface area contributed by atoms with Gasteiger partial charge in [-0.05, 0) is 36.3 Å². The molecule has 3 N–H and O–H groups in total. The van der Waals surface area contributed by atoms with Crippen molar-refractivity contribution < 1.29 is 0 Å². The fourth-order valence-electron chi connectivity index (χ4n) is 1.88. The van der Waals surface area contributed by atoms with Crippen LogP contribution in [0.3, 0.4) is 0 Å². The Balaban J connectivity index is 1.94. The maximum absolute atomic E-state index is 5.87. The van der Waals surface area contributed by atoms with Crippen LogP contribution in [-0.2, 0) is 0 Å². The number of nitrogens with two attached hydrogens (primary N) is 1. The number of aryl methyl sites for hydroxylation is 1. The third-order valence-electron chi connectivity index (χ3n) is 3.29. The number of aromatic nitrogens is 1. The van der Waals surface area contributed by atoms with Crippen LogP contribution in [0, 0.1) is 18.3 Å². The fraction of sp³-hybridized carbons (Fsp3) is 0.583. The second kappa shape index (κ2) is 3.40. The zero-order valence-electron chi connectivity index (χ0n) is 9.67. The van der Waals surface area contributed by atoms with Crippen molar-refractivity contribution in [1.82, 2.24) is 4.98 Å². The Morgan fingerprint density at radius 2 is 2.27 bits per heavy atom. The number of pyridine rings is 1. The predicted octanol–water partition coefficient (Wildman–Crippen LogP) is 2.43. The highest BCUT2D eigenvalue weighted by Crippen LogP contribution is 2.51. The van der Waals surface area contributed by atoms with Crippen molar-refractivity contribution in [2.45, 2.75) is 27.2 Å². The quantitative estimate of drug-likeness (QED) is 0.796. The molecule has 1 saturated carbocycles. The summed E-state index contributed by atoms with van der Waals surface area (Å²) in [5.41, 5.74) is 8.22. The number of hydrogen-bond acceptors (Lipinski definition) is 3. The largest absolute Gasteiger partial charge is 0.396 e. The topological polar surface area (TPSA) is 50.9 Å². The lowest BCUT2D eigenvalue weighted by molar-refractivity contribution is 0.573. The van der Waals surface area contributed by atoms with E-state index in [4.69, 9.17) is 5.73 Å². The highest BCUT2D eigenvalue weighted by molar-refractivity contribution is 5.61. The van der Waals surface area contributed by atoms with Gasteiger partial charge in [-0.1, -0.05) is 13.8 Å². The molecule has 0 aromatic carbocycles. The van der Waals surface area contributed by atoms with Crippen molar-refractivity contribution in [2.75, 3.05) is 17.6 Å². The summed E-state index contributed by atoms with van der Waals surface area (Å²) in [4.78, 5) is 4.29. The van der Waals surface area contributed by atoms with Crippen LogP contribution in [0.5, 0.6) is 0 Å². The first kappa shape index (κ1) is 10.3. The maximum Gasteiger partial charge on any atom is 0.149 e. The van der Waals surface area contributed by atoms with Crippen molar-refractivity contribution in [3.63, 3.8) is 0 Å². The van der Waals surface area contributed by atoms with Gasteiger partial charge in [0.2, 0.25) is 0 Å². The lowest BCUT2D eigenvalue weighted by Crippen LogP contribution is -2.10. The molecule has 0 saturated heterocycles. The summed E-state index contributed by atoms with van der Waals surface area (Å²) >= 11 is 0. The number of rotatable bonds is 3. The molecule has 0 bridgehead atoms. The summed E-state index contributed by atoms with van der Waals surface area (Å²) < 4.78 is 0. The van der Waals surface area contributed by atoms with Crippen LogP contribution in [0.2, 0.25) is 0 Å². The van der Waals surface area contributed by atoms with Gasteiger partial charge in [0.05, 0.1) is 5.69 Å². The average molecular weight is 205 g/mol. The number of anilines is 2. The molecule has 1 aliphatic rings. The first-order valence-corrected chi connectivity index (χ1v) is 5.45. The Morgan fingerprint density at radius 3 is 2.80 bits per heavy atom. The summed E-state index contributed by atoms with van der Waals surface area (Å²) in [6.45, 7) is 7.57. The molecule has 1 fully saturated rings. The molecule has 15 heavy (non-hydrogen) atoms. The van der Waals surface area contributed by atoms with Gasteiger partial charge in [0, 0.05) is 12.7 Å². The molecule has 3 nitrogen and oxygen atoms in total. The first-order valence-electron chi connectivity index (χ1n) is 5.45. The lowest BCUT2D eigenvalue weighted by Gasteiger charge is -2.09. The van der Waals surface area contributed by atoms with Crippen LogP contribution in [0.1, 0.15) is 25.8 Å². The van der Waals surface area contributed by atoms with Gasteiger partial charge in [0.1, 0.15) is 5.82 Å². The van der Waals surface area contributed by atoms with E-state index in [2.05, 4.69) is 24.1 Å². The number of nitrogens with zero attached hydrogens (tertiary/aromatic N) is 1. The van der Waals surface area contributed by atoms with Crippen molar-refractivity contribution in [3.05, 3.63) is 17.8 Å². The summed E-state index contributed by atoms with van der Waals surface area (Å²) in [6, 6.07) is 1.95. The maximum atomic E-state index is 5.87. The van der Waals surface area contributed by atoms with Gasteiger partial charge in [0.25, 0.3) is 0 Å². The molecule has 0 amide bonds. The SMILES string of the molecule is Cc1cnc(NCC2CC2(C)C)c(N)c1. The molecule has 0 spiro atoms. The van der Waals surface area contributed by atoms with E-state index in [0.717, 1.165) is 29.5 Å². The second-order valence-corrected chi connectivity index (χ2v) is 5.22. The Hall–Kier alpha value is -1.25. The molecule has 1 atom stereocenters. The van der Waals surface area contributed by atoms with E-state index >= 15 is 0 Å². The summed E-state index contributed by atoms with van der Waals surface area (Å²) in [6.07, 6.45) is 3.14. The minimum atomic E-state index is 0.506. The molecule has 0 radical (unpaired) electrons. The molecule has 1 unspecified atom stereocenters. The van der Waals surface area contributed by atoms with E-state index < -0.39 is 0 Å². The highest BCUT2D eigenvalue weighted by Gasteiger charge is 2.45. The van der Waals surface area contributed by atoms with Gasteiger partial charge in [-0.15, -0.1) is 0 Å². The van der Waals surface area contributed by atoms with Gasteiger partial charge in [-0.2, -0.15) is 0 Å². The van der Waals surface area contributed by atoms with Crippen molar-refractivity contribution >= 4 is 11.5 Å².